The van der Waals surface area contributed by atoms with Gasteiger partial charge in [0, 0.05) is 17.2 Å². The minimum Gasteiger partial charge on any atom is -0.466 e. The molecule has 0 fully saturated rings. The van der Waals surface area contributed by atoms with E-state index < -0.39 is 22.4 Å². The Balaban J connectivity index is 1.70. The highest BCUT2D eigenvalue weighted by Crippen LogP contribution is 2.19. The molecule has 0 bridgehead atoms. The van der Waals surface area contributed by atoms with Crippen molar-refractivity contribution >= 4 is 16.8 Å². The number of hydrogen-bond acceptors (Lipinski definition) is 4. The van der Waals surface area contributed by atoms with E-state index in [1.165, 1.54) is 6.26 Å². The molecule has 0 radical (unpaired) electrons. The van der Waals surface area contributed by atoms with Gasteiger partial charge in [0.15, 0.2) is 0 Å². The summed E-state index contributed by atoms with van der Waals surface area (Å²) in [6.07, 6.45) is 1.46. The predicted octanol–water partition coefficient (Wildman–Crippen LogP) is 1.59. The average Bonchev–Trinajstić information content (AvgIpc) is 3.09. The minimum absolute atomic E-state index is 0.00806. The number of carbonyl (C=O) groups is 1. The van der Waals surface area contributed by atoms with Crippen LogP contribution in [0.2, 0.25) is 0 Å². The van der Waals surface area contributed by atoms with Crippen molar-refractivity contribution in [1.82, 2.24) is 10.6 Å². The predicted molar refractivity (Wildman–Crippen MR) is 87.4 cm³/mol. The number of hydrogen-bond donors (Lipinski definition) is 3. The normalized spacial score (nSPS) is 14.7. The van der Waals surface area contributed by atoms with E-state index in [1.807, 2.05) is 18.2 Å². The van der Waals surface area contributed by atoms with Gasteiger partial charge in [0.1, 0.15) is 11.4 Å². The van der Waals surface area contributed by atoms with Gasteiger partial charge in [-0.1, -0.05) is 18.2 Å². The molecule has 2 aromatic rings. The second-order valence-electron chi connectivity index (χ2n) is 5.22. The zero-order valence-electron chi connectivity index (χ0n) is 12.8. The monoisotopic (exact) mass is 336 g/mol. The zero-order chi connectivity index (χ0) is 16.7. The third-order valence-corrected chi connectivity index (χ3v) is 4.60. The molecule has 7 heteroatoms. The summed E-state index contributed by atoms with van der Waals surface area (Å²) in [4.78, 5) is 12.4. The quantitative estimate of drug-likeness (QED) is 0.716. The van der Waals surface area contributed by atoms with Crippen molar-refractivity contribution in [3.8, 4) is 0 Å². The van der Waals surface area contributed by atoms with Gasteiger partial charge in [0.2, 0.25) is 0 Å². The van der Waals surface area contributed by atoms with Crippen molar-refractivity contribution in [1.29, 1.82) is 0 Å². The van der Waals surface area contributed by atoms with Crippen molar-refractivity contribution in [3.05, 3.63) is 54.5 Å². The van der Waals surface area contributed by atoms with Gasteiger partial charge in [-0.2, -0.15) is 0 Å². The highest BCUT2D eigenvalue weighted by atomic mass is 32.2. The standard InChI is InChI=1S/C16H20N2O4S/c1-16(20,14-8-5-10-22-14)12-18-15(19)17-9-11-23(21)13-6-3-2-4-7-13/h2-8,10,20H,9,11-12H2,1H3,(H2,17,18,19)/t16-,23+/m1/s1. The van der Waals surface area contributed by atoms with Crippen molar-refractivity contribution < 1.29 is 18.5 Å². The van der Waals surface area contributed by atoms with Crippen LogP contribution >= 0.6 is 0 Å². The maximum Gasteiger partial charge on any atom is 0.314 e. The number of carbonyl (C=O) groups excluding carboxylic acids is 1. The van der Waals surface area contributed by atoms with Crippen molar-refractivity contribution in [2.24, 2.45) is 0 Å². The summed E-state index contributed by atoms with van der Waals surface area (Å²) in [5.74, 6) is 0.703. The molecule has 0 aliphatic rings. The third kappa shape index (κ3) is 5.22. The van der Waals surface area contributed by atoms with Crippen LogP contribution in [0, 0.1) is 0 Å². The Morgan fingerprint density at radius 3 is 2.61 bits per heavy atom. The van der Waals surface area contributed by atoms with Gasteiger partial charge in [-0.25, -0.2) is 4.79 Å². The summed E-state index contributed by atoms with van der Waals surface area (Å²) in [6, 6.07) is 12.0. The SMILES string of the molecule is C[C@@](O)(CNC(=O)NCC[S@](=O)c1ccccc1)c1ccco1. The summed E-state index contributed by atoms with van der Waals surface area (Å²) in [5, 5.41) is 15.4. The summed E-state index contributed by atoms with van der Waals surface area (Å²) in [5.41, 5.74) is -1.28. The Kier molecular flexibility index (Phi) is 5.95. The van der Waals surface area contributed by atoms with Gasteiger partial charge >= 0.3 is 6.03 Å². The highest BCUT2D eigenvalue weighted by Gasteiger charge is 2.26. The molecular formula is C16H20N2O4S. The fourth-order valence-electron chi connectivity index (χ4n) is 1.93. The van der Waals surface area contributed by atoms with E-state index in [0.717, 1.165) is 4.90 Å². The number of aliphatic hydroxyl groups is 1. The molecule has 0 aliphatic carbocycles. The summed E-state index contributed by atoms with van der Waals surface area (Å²) in [6.45, 7) is 1.83. The number of benzene rings is 1. The number of urea groups is 1. The molecule has 0 saturated heterocycles. The molecule has 2 atom stereocenters. The van der Waals surface area contributed by atoms with Crippen molar-refractivity contribution in [3.63, 3.8) is 0 Å². The number of nitrogens with one attached hydrogen (secondary N) is 2. The Labute approximate surface area is 137 Å². The van der Waals surface area contributed by atoms with Crippen LogP contribution in [-0.4, -0.2) is 34.2 Å². The van der Waals surface area contributed by atoms with E-state index in [-0.39, 0.29) is 13.1 Å². The van der Waals surface area contributed by atoms with E-state index in [2.05, 4.69) is 10.6 Å². The van der Waals surface area contributed by atoms with Crippen LogP contribution < -0.4 is 10.6 Å². The summed E-state index contributed by atoms with van der Waals surface area (Å²) in [7, 11) is -1.15. The van der Waals surface area contributed by atoms with Crippen LogP contribution in [0.4, 0.5) is 4.79 Å². The largest absolute Gasteiger partial charge is 0.466 e. The second kappa shape index (κ2) is 7.94. The van der Waals surface area contributed by atoms with Crippen LogP contribution in [0.15, 0.2) is 58.0 Å². The van der Waals surface area contributed by atoms with Gasteiger partial charge in [-0.3, -0.25) is 4.21 Å². The molecule has 124 valence electrons. The number of rotatable bonds is 7. The van der Waals surface area contributed by atoms with E-state index in [4.69, 9.17) is 4.42 Å². The molecule has 23 heavy (non-hydrogen) atoms. The van der Waals surface area contributed by atoms with Gasteiger partial charge in [0.25, 0.3) is 0 Å². The fraction of sp³-hybridized carbons (Fsp3) is 0.312. The molecule has 0 spiro atoms. The van der Waals surface area contributed by atoms with Crippen LogP contribution in [0.3, 0.4) is 0 Å². The summed E-state index contributed by atoms with van der Waals surface area (Å²) < 4.78 is 17.1. The molecule has 0 unspecified atom stereocenters. The zero-order valence-corrected chi connectivity index (χ0v) is 13.6. The lowest BCUT2D eigenvalue weighted by molar-refractivity contribution is 0.0368. The average molecular weight is 336 g/mol. The van der Waals surface area contributed by atoms with Crippen LogP contribution in [-0.2, 0) is 16.4 Å². The van der Waals surface area contributed by atoms with Gasteiger partial charge in [-0.15, -0.1) is 0 Å². The summed E-state index contributed by atoms with van der Waals surface area (Å²) >= 11 is 0. The van der Waals surface area contributed by atoms with Gasteiger partial charge < -0.3 is 20.2 Å². The Morgan fingerprint density at radius 2 is 1.96 bits per heavy atom. The van der Waals surface area contributed by atoms with Crippen LogP contribution in [0.1, 0.15) is 12.7 Å². The fourth-order valence-corrected chi connectivity index (χ4v) is 2.92. The van der Waals surface area contributed by atoms with Crippen LogP contribution in [0.25, 0.3) is 0 Å². The smallest absolute Gasteiger partial charge is 0.314 e. The van der Waals surface area contributed by atoms with Crippen molar-refractivity contribution in [2.75, 3.05) is 18.8 Å². The van der Waals surface area contributed by atoms with Gasteiger partial charge in [-0.05, 0) is 31.2 Å². The Hall–Kier alpha value is -2.12. The van der Waals surface area contributed by atoms with E-state index in [9.17, 15) is 14.1 Å². The van der Waals surface area contributed by atoms with Crippen molar-refractivity contribution in [2.45, 2.75) is 17.4 Å². The Bertz CT molecular complexity index is 641. The minimum atomic E-state index is -1.28. The maximum absolute atomic E-state index is 12.0. The second-order valence-corrected chi connectivity index (χ2v) is 6.79. The third-order valence-electron chi connectivity index (χ3n) is 3.22. The lowest BCUT2D eigenvalue weighted by atomic mass is 10.0. The number of amides is 2. The first kappa shape index (κ1) is 17.2. The number of furan rings is 1. The molecule has 0 saturated carbocycles. The van der Waals surface area contributed by atoms with E-state index in [0.29, 0.717) is 11.5 Å². The lowest BCUT2D eigenvalue weighted by Crippen LogP contribution is -2.44. The Morgan fingerprint density at radius 1 is 1.22 bits per heavy atom. The molecule has 3 N–H and O–H groups in total. The first-order valence-corrected chi connectivity index (χ1v) is 8.52. The molecule has 1 aromatic heterocycles. The molecule has 2 rings (SSSR count). The van der Waals surface area contributed by atoms with Gasteiger partial charge in [0.05, 0.1) is 23.6 Å². The first-order valence-electron chi connectivity index (χ1n) is 7.20. The highest BCUT2D eigenvalue weighted by molar-refractivity contribution is 7.85. The molecule has 6 nitrogen and oxygen atoms in total. The van der Waals surface area contributed by atoms with E-state index in [1.54, 1.807) is 31.2 Å². The molecule has 1 aromatic carbocycles. The maximum atomic E-state index is 12.0. The molecule has 0 aliphatic heterocycles. The van der Waals surface area contributed by atoms with E-state index >= 15 is 0 Å². The molecule has 2 amide bonds. The topological polar surface area (TPSA) is 91.6 Å². The molecular weight excluding hydrogens is 316 g/mol. The first-order chi connectivity index (χ1) is 11.0. The van der Waals surface area contributed by atoms with Crippen LogP contribution in [0.5, 0.6) is 0 Å². The lowest BCUT2D eigenvalue weighted by Gasteiger charge is -2.21. The molecule has 1 heterocycles.